The second kappa shape index (κ2) is 4.99. The highest BCUT2D eigenvalue weighted by atomic mass is 16.4. The first-order valence-corrected chi connectivity index (χ1v) is 3.34. The number of hydrogen-bond donors (Lipinski definition) is 2. The summed E-state index contributed by atoms with van der Waals surface area (Å²) in [6.45, 7) is 2.33. The number of carboxylic acid groups (broad SMARTS) is 1. The molecule has 0 radical (unpaired) electrons. The van der Waals surface area contributed by atoms with Crippen molar-refractivity contribution >= 4 is 5.97 Å². The van der Waals surface area contributed by atoms with Crippen LogP contribution in [0.25, 0.3) is 0 Å². The Balaban J connectivity index is 3.91. The fourth-order valence-corrected chi connectivity index (χ4v) is 0.640. The highest BCUT2D eigenvalue weighted by Crippen LogP contribution is 2.00. The Kier molecular flexibility index (Phi) is 4.58. The van der Waals surface area contributed by atoms with Crippen LogP contribution in [0.2, 0.25) is 0 Å². The van der Waals surface area contributed by atoms with Crippen molar-refractivity contribution in [3.05, 3.63) is 11.6 Å². The summed E-state index contributed by atoms with van der Waals surface area (Å²) >= 11 is 0. The van der Waals surface area contributed by atoms with Crippen LogP contribution >= 0.6 is 0 Å². The highest BCUT2D eigenvalue weighted by Gasteiger charge is 2.01. The van der Waals surface area contributed by atoms with E-state index in [1.54, 1.807) is 6.08 Å². The monoisotopic (exact) mass is 143 g/mol. The smallest absolute Gasteiger partial charge is 0.331 e. The lowest BCUT2D eigenvalue weighted by atomic mass is 10.2. The van der Waals surface area contributed by atoms with Gasteiger partial charge in [-0.3, -0.25) is 0 Å². The molecule has 0 aliphatic heterocycles. The standard InChI is InChI=1S/C7H13NO2/c1-2-6(7(9)10)4-3-5-8/h4H,2-3,5,8H2,1H3,(H,9,10). The lowest BCUT2D eigenvalue weighted by Crippen LogP contribution is -2.02. The fraction of sp³-hybridized carbons (Fsp3) is 0.571. The molecule has 3 nitrogen and oxygen atoms in total. The summed E-state index contributed by atoms with van der Waals surface area (Å²) in [6.07, 6.45) is 2.88. The van der Waals surface area contributed by atoms with Crippen LogP contribution in [-0.2, 0) is 4.79 Å². The van der Waals surface area contributed by atoms with E-state index in [-0.39, 0.29) is 0 Å². The zero-order valence-electron chi connectivity index (χ0n) is 6.13. The predicted octanol–water partition coefficient (Wildman–Crippen LogP) is 0.756. The topological polar surface area (TPSA) is 63.3 Å². The molecule has 0 saturated heterocycles. The van der Waals surface area contributed by atoms with Gasteiger partial charge in [-0.25, -0.2) is 4.79 Å². The van der Waals surface area contributed by atoms with Crippen molar-refractivity contribution < 1.29 is 9.90 Å². The Morgan fingerprint density at radius 2 is 2.30 bits per heavy atom. The Bertz CT molecular complexity index is 141. The quantitative estimate of drug-likeness (QED) is 0.571. The molecule has 58 valence electrons. The van der Waals surface area contributed by atoms with Gasteiger partial charge in [-0.15, -0.1) is 0 Å². The maximum Gasteiger partial charge on any atom is 0.331 e. The van der Waals surface area contributed by atoms with Gasteiger partial charge in [-0.05, 0) is 19.4 Å². The maximum atomic E-state index is 10.3. The van der Waals surface area contributed by atoms with Crippen molar-refractivity contribution in [1.82, 2.24) is 0 Å². The normalized spacial score (nSPS) is 11.6. The molecule has 0 rings (SSSR count). The van der Waals surface area contributed by atoms with Crippen molar-refractivity contribution in [3.63, 3.8) is 0 Å². The summed E-state index contributed by atoms with van der Waals surface area (Å²) in [4.78, 5) is 10.3. The van der Waals surface area contributed by atoms with Crippen LogP contribution in [-0.4, -0.2) is 17.6 Å². The van der Waals surface area contributed by atoms with E-state index in [4.69, 9.17) is 10.8 Å². The Labute approximate surface area is 60.5 Å². The Morgan fingerprint density at radius 3 is 2.60 bits per heavy atom. The van der Waals surface area contributed by atoms with E-state index < -0.39 is 5.97 Å². The molecule has 0 saturated carbocycles. The average Bonchev–Trinajstić information content (AvgIpc) is 1.89. The molecular weight excluding hydrogens is 130 g/mol. The summed E-state index contributed by atoms with van der Waals surface area (Å²) in [5.41, 5.74) is 5.64. The first-order valence-electron chi connectivity index (χ1n) is 3.34. The van der Waals surface area contributed by atoms with Gasteiger partial charge in [0.1, 0.15) is 0 Å². The van der Waals surface area contributed by atoms with Crippen LogP contribution < -0.4 is 5.73 Å². The van der Waals surface area contributed by atoms with Gasteiger partial charge in [0, 0.05) is 5.57 Å². The number of carboxylic acids is 1. The molecule has 0 bridgehead atoms. The summed E-state index contributed by atoms with van der Waals surface area (Å²) in [6, 6.07) is 0. The van der Waals surface area contributed by atoms with Gasteiger partial charge in [0.05, 0.1) is 0 Å². The van der Waals surface area contributed by atoms with E-state index in [9.17, 15) is 4.79 Å². The van der Waals surface area contributed by atoms with Gasteiger partial charge >= 0.3 is 5.97 Å². The summed E-state index contributed by atoms with van der Waals surface area (Å²) in [5, 5.41) is 8.49. The first-order chi connectivity index (χ1) is 4.72. The van der Waals surface area contributed by atoms with E-state index in [0.29, 0.717) is 25.0 Å². The molecular formula is C7H13NO2. The van der Waals surface area contributed by atoms with Crippen molar-refractivity contribution in [2.45, 2.75) is 19.8 Å². The molecule has 0 aromatic carbocycles. The second-order valence-corrected chi connectivity index (χ2v) is 1.97. The number of rotatable bonds is 4. The number of nitrogens with two attached hydrogens (primary N) is 1. The van der Waals surface area contributed by atoms with Gasteiger partial charge in [-0.1, -0.05) is 13.0 Å². The second-order valence-electron chi connectivity index (χ2n) is 1.97. The molecule has 0 spiro atoms. The zero-order valence-corrected chi connectivity index (χ0v) is 6.13. The van der Waals surface area contributed by atoms with Gasteiger partial charge in [-0.2, -0.15) is 0 Å². The summed E-state index contributed by atoms with van der Waals surface area (Å²) in [5.74, 6) is -0.837. The van der Waals surface area contributed by atoms with Crippen LogP contribution in [0.4, 0.5) is 0 Å². The zero-order chi connectivity index (χ0) is 7.98. The summed E-state index contributed by atoms with van der Waals surface area (Å²) in [7, 11) is 0. The third-order valence-corrected chi connectivity index (χ3v) is 1.21. The Morgan fingerprint density at radius 1 is 1.70 bits per heavy atom. The highest BCUT2D eigenvalue weighted by molar-refractivity contribution is 5.86. The van der Waals surface area contributed by atoms with Crippen LogP contribution in [0.15, 0.2) is 11.6 Å². The molecule has 0 fully saturated rings. The fourth-order valence-electron chi connectivity index (χ4n) is 0.640. The molecule has 0 heterocycles. The molecule has 0 atom stereocenters. The molecule has 3 N–H and O–H groups in total. The van der Waals surface area contributed by atoms with Gasteiger partial charge in [0.2, 0.25) is 0 Å². The van der Waals surface area contributed by atoms with E-state index in [2.05, 4.69) is 0 Å². The molecule has 0 aliphatic rings. The average molecular weight is 143 g/mol. The van der Waals surface area contributed by atoms with Crippen molar-refractivity contribution in [1.29, 1.82) is 0 Å². The molecule has 0 aromatic heterocycles. The predicted molar refractivity (Wildman–Crippen MR) is 39.7 cm³/mol. The van der Waals surface area contributed by atoms with Crippen LogP contribution in [0.5, 0.6) is 0 Å². The van der Waals surface area contributed by atoms with Crippen molar-refractivity contribution in [2.24, 2.45) is 5.73 Å². The van der Waals surface area contributed by atoms with Crippen LogP contribution in [0.3, 0.4) is 0 Å². The SMILES string of the molecule is CCC(=CCCN)C(=O)O. The van der Waals surface area contributed by atoms with Gasteiger partial charge in [0.25, 0.3) is 0 Å². The van der Waals surface area contributed by atoms with Gasteiger partial charge in [0.15, 0.2) is 0 Å². The minimum atomic E-state index is -0.837. The molecule has 3 heteroatoms. The van der Waals surface area contributed by atoms with E-state index in [0.717, 1.165) is 0 Å². The van der Waals surface area contributed by atoms with E-state index in [1.165, 1.54) is 0 Å². The van der Waals surface area contributed by atoms with Crippen molar-refractivity contribution in [2.75, 3.05) is 6.54 Å². The molecule has 0 amide bonds. The molecule has 0 aliphatic carbocycles. The van der Waals surface area contributed by atoms with Crippen LogP contribution in [0.1, 0.15) is 19.8 Å². The number of aliphatic carboxylic acids is 1. The Hall–Kier alpha value is -0.830. The minimum Gasteiger partial charge on any atom is -0.478 e. The van der Waals surface area contributed by atoms with E-state index >= 15 is 0 Å². The number of carbonyl (C=O) groups is 1. The van der Waals surface area contributed by atoms with E-state index in [1.807, 2.05) is 6.92 Å². The van der Waals surface area contributed by atoms with Crippen LogP contribution in [0, 0.1) is 0 Å². The summed E-state index contributed by atoms with van der Waals surface area (Å²) < 4.78 is 0. The van der Waals surface area contributed by atoms with Crippen molar-refractivity contribution in [3.8, 4) is 0 Å². The molecule has 0 unspecified atom stereocenters. The third-order valence-electron chi connectivity index (χ3n) is 1.21. The lowest BCUT2D eigenvalue weighted by Gasteiger charge is -1.94. The molecule has 10 heavy (non-hydrogen) atoms. The maximum absolute atomic E-state index is 10.3. The first kappa shape index (κ1) is 9.17. The van der Waals surface area contributed by atoms with Gasteiger partial charge < -0.3 is 10.8 Å². The lowest BCUT2D eigenvalue weighted by molar-refractivity contribution is -0.132. The largest absolute Gasteiger partial charge is 0.478 e. The number of hydrogen-bond acceptors (Lipinski definition) is 2. The third kappa shape index (κ3) is 3.25. The minimum absolute atomic E-state index is 0.449. The molecule has 0 aromatic rings.